The molecule has 0 saturated carbocycles. The maximum absolute atomic E-state index is 8.83. The first kappa shape index (κ1) is 14.0. The highest BCUT2D eigenvalue weighted by Gasteiger charge is 2.03. The van der Waals surface area contributed by atoms with Gasteiger partial charge in [-0.1, -0.05) is 0 Å². The van der Waals surface area contributed by atoms with Crippen LogP contribution in [0.2, 0.25) is 0 Å². The quantitative estimate of drug-likeness (QED) is 0.475. The molecule has 0 spiro atoms. The number of aliphatic hydroxyl groups excluding tert-OH is 2. The van der Waals surface area contributed by atoms with Crippen LogP contribution in [-0.2, 0) is 0 Å². The number of hydrogen-bond acceptors (Lipinski definition) is 4. The monoisotopic (exact) mass is 231 g/mol. The van der Waals surface area contributed by atoms with Gasteiger partial charge in [0.2, 0.25) is 0 Å². The summed E-state index contributed by atoms with van der Waals surface area (Å²) < 4.78 is 0. The SMILES string of the molecule is Nc1ccc(N(CCO)CCO)cc1.[Cl-]. The molecule has 0 unspecified atom stereocenters. The second-order valence-electron chi connectivity index (χ2n) is 3.03. The van der Waals surface area contributed by atoms with E-state index >= 15 is 0 Å². The molecule has 4 nitrogen and oxygen atoms in total. The third-order valence-corrected chi connectivity index (χ3v) is 2.00. The van der Waals surface area contributed by atoms with Crippen molar-refractivity contribution < 1.29 is 22.6 Å². The third-order valence-electron chi connectivity index (χ3n) is 2.00. The van der Waals surface area contributed by atoms with Gasteiger partial charge in [0.05, 0.1) is 13.2 Å². The van der Waals surface area contributed by atoms with Gasteiger partial charge in [-0.05, 0) is 24.3 Å². The molecule has 1 aromatic carbocycles. The van der Waals surface area contributed by atoms with Gasteiger partial charge in [-0.25, -0.2) is 0 Å². The minimum Gasteiger partial charge on any atom is -1.00 e. The molecule has 15 heavy (non-hydrogen) atoms. The van der Waals surface area contributed by atoms with E-state index in [2.05, 4.69) is 0 Å². The van der Waals surface area contributed by atoms with Crippen molar-refractivity contribution in [2.24, 2.45) is 0 Å². The molecular formula is C10H16ClN2O2-. The fourth-order valence-corrected chi connectivity index (χ4v) is 1.30. The lowest BCUT2D eigenvalue weighted by molar-refractivity contribution is -0.00000517. The predicted molar refractivity (Wildman–Crippen MR) is 57.2 cm³/mol. The van der Waals surface area contributed by atoms with Crippen molar-refractivity contribution in [1.82, 2.24) is 0 Å². The maximum Gasteiger partial charge on any atom is 0.0606 e. The maximum atomic E-state index is 8.83. The zero-order valence-electron chi connectivity index (χ0n) is 8.43. The van der Waals surface area contributed by atoms with Crippen molar-refractivity contribution in [3.05, 3.63) is 24.3 Å². The molecule has 4 N–H and O–H groups in total. The number of aliphatic hydroxyl groups is 2. The minimum absolute atomic E-state index is 0. The lowest BCUT2D eigenvalue weighted by Crippen LogP contribution is -3.00. The first-order valence-corrected chi connectivity index (χ1v) is 4.60. The highest BCUT2D eigenvalue weighted by molar-refractivity contribution is 5.53. The Kier molecular flexibility index (Phi) is 6.86. The number of nitrogens with two attached hydrogens (primary N) is 1. The summed E-state index contributed by atoms with van der Waals surface area (Å²) in [6.45, 7) is 1.18. The Hall–Kier alpha value is -0.970. The van der Waals surface area contributed by atoms with Crippen LogP contribution in [0.4, 0.5) is 11.4 Å². The van der Waals surface area contributed by atoms with E-state index in [4.69, 9.17) is 15.9 Å². The van der Waals surface area contributed by atoms with Crippen LogP contribution in [0.3, 0.4) is 0 Å². The Labute approximate surface area is 95.7 Å². The Balaban J connectivity index is 0.00000196. The van der Waals surface area contributed by atoms with Crippen molar-refractivity contribution in [2.75, 3.05) is 36.9 Å². The summed E-state index contributed by atoms with van der Waals surface area (Å²) in [6.07, 6.45) is 0. The van der Waals surface area contributed by atoms with Crippen LogP contribution in [-0.4, -0.2) is 36.5 Å². The number of hydrogen-bond donors (Lipinski definition) is 3. The first-order chi connectivity index (χ1) is 6.77. The van der Waals surface area contributed by atoms with E-state index in [1.165, 1.54) is 0 Å². The van der Waals surface area contributed by atoms with Gasteiger partial charge in [0.25, 0.3) is 0 Å². The molecule has 0 fully saturated rings. The van der Waals surface area contributed by atoms with Gasteiger partial charge < -0.3 is 33.3 Å². The molecule has 1 rings (SSSR count). The van der Waals surface area contributed by atoms with Gasteiger partial charge in [0.1, 0.15) is 0 Å². The van der Waals surface area contributed by atoms with Crippen LogP contribution in [0, 0.1) is 0 Å². The van der Waals surface area contributed by atoms with Crippen molar-refractivity contribution in [3.8, 4) is 0 Å². The highest BCUT2D eigenvalue weighted by atomic mass is 35.5. The molecule has 0 saturated heterocycles. The van der Waals surface area contributed by atoms with Crippen LogP contribution in [0.1, 0.15) is 0 Å². The van der Waals surface area contributed by atoms with E-state index in [1.54, 1.807) is 12.1 Å². The molecule has 0 radical (unpaired) electrons. The Bertz CT molecular complexity index is 261. The average molecular weight is 232 g/mol. The topological polar surface area (TPSA) is 69.7 Å². The van der Waals surface area contributed by atoms with E-state index in [-0.39, 0.29) is 25.6 Å². The number of nitrogen functional groups attached to an aromatic ring is 1. The van der Waals surface area contributed by atoms with Gasteiger partial charge in [-0.15, -0.1) is 0 Å². The summed E-state index contributed by atoms with van der Waals surface area (Å²) in [6, 6.07) is 7.36. The average Bonchev–Trinajstić information content (AvgIpc) is 2.19. The third kappa shape index (κ3) is 4.38. The molecule has 1 aromatic rings. The summed E-state index contributed by atoms with van der Waals surface area (Å²) in [5, 5.41) is 17.7. The predicted octanol–water partition coefficient (Wildman–Crippen LogP) is -2.94. The molecule has 0 aliphatic heterocycles. The van der Waals surface area contributed by atoms with Gasteiger partial charge in [-0.2, -0.15) is 0 Å². The molecule has 0 aromatic heterocycles. The summed E-state index contributed by atoms with van der Waals surface area (Å²) >= 11 is 0. The molecular weight excluding hydrogens is 216 g/mol. The summed E-state index contributed by atoms with van der Waals surface area (Å²) in [5.74, 6) is 0. The van der Waals surface area contributed by atoms with Gasteiger partial charge in [0.15, 0.2) is 0 Å². The molecule has 5 heteroatoms. The van der Waals surface area contributed by atoms with Crippen LogP contribution < -0.4 is 23.0 Å². The van der Waals surface area contributed by atoms with Crippen molar-refractivity contribution in [1.29, 1.82) is 0 Å². The fourth-order valence-electron chi connectivity index (χ4n) is 1.30. The Morgan fingerprint density at radius 1 is 1.00 bits per heavy atom. The molecule has 0 aliphatic carbocycles. The van der Waals surface area contributed by atoms with E-state index < -0.39 is 0 Å². The van der Waals surface area contributed by atoms with E-state index in [9.17, 15) is 0 Å². The van der Waals surface area contributed by atoms with E-state index in [0.717, 1.165) is 5.69 Å². The zero-order chi connectivity index (χ0) is 10.4. The number of rotatable bonds is 5. The molecule has 86 valence electrons. The minimum atomic E-state index is 0. The number of benzene rings is 1. The lowest BCUT2D eigenvalue weighted by atomic mass is 10.2. The van der Waals surface area contributed by atoms with Crippen LogP contribution >= 0.6 is 0 Å². The number of halogens is 1. The van der Waals surface area contributed by atoms with E-state index in [1.807, 2.05) is 17.0 Å². The van der Waals surface area contributed by atoms with Crippen molar-refractivity contribution in [3.63, 3.8) is 0 Å². The number of nitrogens with zero attached hydrogens (tertiary/aromatic N) is 1. The van der Waals surface area contributed by atoms with Gasteiger partial charge in [0, 0.05) is 24.5 Å². The molecule has 0 atom stereocenters. The second-order valence-corrected chi connectivity index (χ2v) is 3.03. The zero-order valence-corrected chi connectivity index (χ0v) is 9.19. The Morgan fingerprint density at radius 3 is 1.87 bits per heavy atom. The molecule has 0 aliphatic rings. The van der Waals surface area contributed by atoms with Gasteiger partial charge in [-0.3, -0.25) is 0 Å². The number of anilines is 2. The molecule has 0 bridgehead atoms. The lowest BCUT2D eigenvalue weighted by Gasteiger charge is -2.22. The van der Waals surface area contributed by atoms with Crippen LogP contribution in [0.5, 0.6) is 0 Å². The standard InChI is InChI=1S/C10H16N2O2.ClH/c11-9-1-3-10(4-2-9)12(5-7-13)6-8-14;/h1-4,13-14H,5-8,11H2;1H/p-1. The van der Waals surface area contributed by atoms with Crippen molar-refractivity contribution >= 4 is 11.4 Å². The molecule has 0 heterocycles. The smallest absolute Gasteiger partial charge is 0.0606 e. The van der Waals surface area contributed by atoms with Crippen LogP contribution in [0.15, 0.2) is 24.3 Å². The summed E-state index contributed by atoms with van der Waals surface area (Å²) in [7, 11) is 0. The fraction of sp³-hybridized carbons (Fsp3) is 0.400. The normalized spacial score (nSPS) is 9.47. The highest BCUT2D eigenvalue weighted by Crippen LogP contribution is 2.15. The van der Waals surface area contributed by atoms with E-state index in [0.29, 0.717) is 18.8 Å². The van der Waals surface area contributed by atoms with Crippen molar-refractivity contribution in [2.45, 2.75) is 0 Å². The molecule has 0 amide bonds. The second kappa shape index (κ2) is 7.34. The summed E-state index contributed by atoms with van der Waals surface area (Å²) in [5.41, 5.74) is 7.23. The first-order valence-electron chi connectivity index (χ1n) is 4.60. The largest absolute Gasteiger partial charge is 1.00 e. The summed E-state index contributed by atoms with van der Waals surface area (Å²) in [4.78, 5) is 1.90. The Morgan fingerprint density at radius 2 is 1.47 bits per heavy atom. The van der Waals surface area contributed by atoms with Crippen LogP contribution in [0.25, 0.3) is 0 Å². The van der Waals surface area contributed by atoms with Gasteiger partial charge >= 0.3 is 0 Å².